The highest BCUT2D eigenvalue weighted by atomic mass is 15.1. The molecule has 2 heteroatoms. The van der Waals surface area contributed by atoms with Gasteiger partial charge in [-0.3, -0.25) is 0 Å². The number of rotatable bonds is 8. The zero-order chi connectivity index (χ0) is 16.6. The van der Waals surface area contributed by atoms with E-state index in [2.05, 4.69) is 47.1 Å². The second-order valence-corrected chi connectivity index (χ2v) is 8.02. The highest BCUT2D eigenvalue weighted by Gasteiger charge is 2.22. The summed E-state index contributed by atoms with van der Waals surface area (Å²) in [6.07, 6.45) is 9.87. The predicted molar refractivity (Wildman–Crippen MR) is 103 cm³/mol. The van der Waals surface area contributed by atoms with Crippen LogP contribution in [0.2, 0.25) is 0 Å². The van der Waals surface area contributed by atoms with Gasteiger partial charge in [-0.2, -0.15) is 0 Å². The molecule has 2 fully saturated rings. The Morgan fingerprint density at radius 1 is 0.875 bits per heavy atom. The lowest BCUT2D eigenvalue weighted by Gasteiger charge is -2.31. The first-order chi connectivity index (χ1) is 11.8. The molecule has 1 aromatic carbocycles. The largest absolute Gasteiger partial charge is 0.304 e. The molecule has 0 saturated carbocycles. The number of unbranched alkanes of at least 4 members (excludes halogenated alkanes) is 1. The van der Waals surface area contributed by atoms with Crippen molar-refractivity contribution < 1.29 is 0 Å². The van der Waals surface area contributed by atoms with Crippen LogP contribution in [0.15, 0.2) is 30.3 Å². The first-order valence-electron chi connectivity index (χ1n) is 10.3. The van der Waals surface area contributed by atoms with E-state index in [9.17, 15) is 0 Å². The molecule has 1 aromatic rings. The van der Waals surface area contributed by atoms with Gasteiger partial charge in [-0.1, -0.05) is 50.1 Å². The highest BCUT2D eigenvalue weighted by molar-refractivity contribution is 5.15. The first-order valence-corrected chi connectivity index (χ1v) is 10.3. The fraction of sp³-hybridized carbons (Fsp3) is 0.727. The summed E-state index contributed by atoms with van der Waals surface area (Å²) >= 11 is 0. The summed E-state index contributed by atoms with van der Waals surface area (Å²) in [6.45, 7) is 10.2. The van der Waals surface area contributed by atoms with Crippen molar-refractivity contribution in [2.75, 3.05) is 39.3 Å². The van der Waals surface area contributed by atoms with Gasteiger partial charge in [0.1, 0.15) is 0 Å². The fourth-order valence-electron chi connectivity index (χ4n) is 4.59. The average molecular weight is 329 g/mol. The van der Waals surface area contributed by atoms with Crippen molar-refractivity contribution in [2.24, 2.45) is 11.8 Å². The Bertz CT molecular complexity index is 450. The molecule has 2 saturated heterocycles. The van der Waals surface area contributed by atoms with Gasteiger partial charge in [-0.15, -0.1) is 0 Å². The molecule has 2 heterocycles. The zero-order valence-electron chi connectivity index (χ0n) is 15.6. The maximum atomic E-state index is 2.72. The smallest absolute Gasteiger partial charge is 0.00133 e. The van der Waals surface area contributed by atoms with Crippen LogP contribution >= 0.6 is 0 Å². The fourth-order valence-corrected chi connectivity index (χ4v) is 4.59. The van der Waals surface area contributed by atoms with Gasteiger partial charge in [-0.25, -0.2) is 0 Å². The number of piperidine rings is 1. The molecule has 134 valence electrons. The second-order valence-electron chi connectivity index (χ2n) is 8.02. The minimum Gasteiger partial charge on any atom is -0.304 e. The SMILES string of the molecule is CCN1CCC(CCCCN2CCC(Cc3ccccc3)C2)CC1. The molecule has 2 aliphatic rings. The van der Waals surface area contributed by atoms with Crippen LogP contribution < -0.4 is 0 Å². The maximum absolute atomic E-state index is 2.72. The van der Waals surface area contributed by atoms with Gasteiger partial charge in [0.25, 0.3) is 0 Å². The molecule has 1 atom stereocenters. The van der Waals surface area contributed by atoms with Crippen LogP contribution in [0.1, 0.15) is 51.0 Å². The van der Waals surface area contributed by atoms with Gasteiger partial charge in [0.05, 0.1) is 0 Å². The van der Waals surface area contributed by atoms with Crippen LogP contribution in [0.25, 0.3) is 0 Å². The lowest BCUT2D eigenvalue weighted by Crippen LogP contribution is -2.33. The highest BCUT2D eigenvalue weighted by Crippen LogP contribution is 2.24. The number of likely N-dealkylation sites (tertiary alicyclic amines) is 2. The molecule has 2 nitrogen and oxygen atoms in total. The molecule has 1 unspecified atom stereocenters. The summed E-state index contributed by atoms with van der Waals surface area (Å²) in [5, 5.41) is 0. The molecular formula is C22H36N2. The van der Waals surface area contributed by atoms with Crippen molar-refractivity contribution in [1.82, 2.24) is 9.80 Å². The zero-order valence-corrected chi connectivity index (χ0v) is 15.6. The van der Waals surface area contributed by atoms with Crippen molar-refractivity contribution in [1.29, 1.82) is 0 Å². The summed E-state index contributed by atoms with van der Waals surface area (Å²) in [7, 11) is 0. The molecule has 2 aliphatic heterocycles. The molecule has 0 radical (unpaired) electrons. The predicted octanol–water partition coefficient (Wildman–Crippen LogP) is 4.45. The van der Waals surface area contributed by atoms with Gasteiger partial charge in [0.2, 0.25) is 0 Å². The van der Waals surface area contributed by atoms with Crippen LogP contribution in [0.3, 0.4) is 0 Å². The van der Waals surface area contributed by atoms with Crippen molar-refractivity contribution in [3.63, 3.8) is 0 Å². The lowest BCUT2D eigenvalue weighted by molar-refractivity contribution is 0.183. The van der Waals surface area contributed by atoms with Crippen molar-refractivity contribution in [3.05, 3.63) is 35.9 Å². The topological polar surface area (TPSA) is 6.48 Å². The van der Waals surface area contributed by atoms with Crippen LogP contribution in [0, 0.1) is 11.8 Å². The second kappa shape index (κ2) is 9.58. The van der Waals surface area contributed by atoms with E-state index in [1.165, 1.54) is 89.8 Å². The van der Waals surface area contributed by atoms with E-state index in [1.54, 1.807) is 0 Å². The number of hydrogen-bond donors (Lipinski definition) is 0. The van der Waals surface area contributed by atoms with Crippen molar-refractivity contribution in [2.45, 2.75) is 51.9 Å². The molecule has 0 aliphatic carbocycles. The summed E-state index contributed by atoms with van der Waals surface area (Å²) < 4.78 is 0. The Hall–Kier alpha value is -0.860. The summed E-state index contributed by atoms with van der Waals surface area (Å²) in [6, 6.07) is 11.0. The Kier molecular flexibility index (Phi) is 7.16. The summed E-state index contributed by atoms with van der Waals surface area (Å²) in [5.74, 6) is 1.89. The molecule has 0 amide bonds. The Labute approximate surface area is 149 Å². The van der Waals surface area contributed by atoms with Crippen LogP contribution in [-0.2, 0) is 6.42 Å². The standard InChI is InChI=1S/C22H36N2/c1-2-23-15-11-20(12-16-23)8-6-7-14-24-17-13-22(19-24)18-21-9-4-3-5-10-21/h3-5,9-10,20,22H,2,6-8,11-19H2,1H3. The third kappa shape index (κ3) is 5.60. The Balaban J connectivity index is 1.26. The van der Waals surface area contributed by atoms with Gasteiger partial charge < -0.3 is 9.80 Å². The Morgan fingerprint density at radius 3 is 2.33 bits per heavy atom. The molecule has 0 N–H and O–H groups in total. The van der Waals surface area contributed by atoms with Crippen LogP contribution in [0.4, 0.5) is 0 Å². The molecule has 0 spiro atoms. The first kappa shape index (κ1) is 17.9. The van der Waals surface area contributed by atoms with E-state index in [0.717, 1.165) is 11.8 Å². The summed E-state index contributed by atoms with van der Waals surface area (Å²) in [5.41, 5.74) is 1.52. The molecule has 0 bridgehead atoms. The third-order valence-electron chi connectivity index (χ3n) is 6.23. The van der Waals surface area contributed by atoms with Gasteiger partial charge in [0.15, 0.2) is 0 Å². The van der Waals surface area contributed by atoms with E-state index in [1.807, 2.05) is 0 Å². The monoisotopic (exact) mass is 328 g/mol. The Morgan fingerprint density at radius 2 is 1.58 bits per heavy atom. The quantitative estimate of drug-likeness (QED) is 0.650. The lowest BCUT2D eigenvalue weighted by atomic mass is 9.91. The molecule has 0 aromatic heterocycles. The van der Waals surface area contributed by atoms with Crippen LogP contribution in [-0.4, -0.2) is 49.1 Å². The van der Waals surface area contributed by atoms with Crippen LogP contribution in [0.5, 0.6) is 0 Å². The molecular weight excluding hydrogens is 292 g/mol. The normalized spacial score (nSPS) is 23.8. The summed E-state index contributed by atoms with van der Waals surface area (Å²) in [4.78, 5) is 5.32. The van der Waals surface area contributed by atoms with Crippen molar-refractivity contribution in [3.8, 4) is 0 Å². The van der Waals surface area contributed by atoms with Gasteiger partial charge >= 0.3 is 0 Å². The minimum atomic E-state index is 0.880. The van der Waals surface area contributed by atoms with E-state index >= 15 is 0 Å². The average Bonchev–Trinajstić information content (AvgIpc) is 3.07. The van der Waals surface area contributed by atoms with Gasteiger partial charge in [0, 0.05) is 6.54 Å². The number of nitrogens with zero attached hydrogens (tertiary/aromatic N) is 2. The molecule has 24 heavy (non-hydrogen) atoms. The van der Waals surface area contributed by atoms with E-state index < -0.39 is 0 Å². The van der Waals surface area contributed by atoms with E-state index in [-0.39, 0.29) is 0 Å². The van der Waals surface area contributed by atoms with Gasteiger partial charge in [-0.05, 0) is 82.2 Å². The van der Waals surface area contributed by atoms with E-state index in [4.69, 9.17) is 0 Å². The maximum Gasteiger partial charge on any atom is 0.00133 e. The van der Waals surface area contributed by atoms with Crippen molar-refractivity contribution >= 4 is 0 Å². The number of hydrogen-bond acceptors (Lipinski definition) is 2. The molecule has 3 rings (SSSR count). The number of benzene rings is 1. The minimum absolute atomic E-state index is 0.880. The van der Waals surface area contributed by atoms with E-state index in [0.29, 0.717) is 0 Å². The third-order valence-corrected chi connectivity index (χ3v) is 6.23.